The quantitative estimate of drug-likeness (QED) is 0.886. The summed E-state index contributed by atoms with van der Waals surface area (Å²) in [5.74, 6) is -0.0971. The SMILES string of the molecule is CC(C)(C)[C@@H](N)C(=O)NCCc1ccc(Cl)s1. The lowest BCUT2D eigenvalue weighted by atomic mass is 9.87. The van der Waals surface area contributed by atoms with E-state index >= 15 is 0 Å². The maximum absolute atomic E-state index is 11.7. The lowest BCUT2D eigenvalue weighted by molar-refractivity contribution is -0.124. The molecule has 5 heteroatoms. The minimum atomic E-state index is -0.477. The van der Waals surface area contributed by atoms with E-state index in [0.717, 1.165) is 10.8 Å². The summed E-state index contributed by atoms with van der Waals surface area (Å²) in [6.07, 6.45) is 0.792. The maximum atomic E-state index is 11.7. The van der Waals surface area contributed by atoms with Gasteiger partial charge in [-0.1, -0.05) is 32.4 Å². The molecule has 0 bridgehead atoms. The second kappa shape index (κ2) is 5.85. The van der Waals surface area contributed by atoms with Gasteiger partial charge in [-0.2, -0.15) is 0 Å². The number of carbonyl (C=O) groups excluding carboxylic acids is 1. The van der Waals surface area contributed by atoms with E-state index in [2.05, 4.69) is 5.32 Å². The number of amides is 1. The van der Waals surface area contributed by atoms with Gasteiger partial charge in [-0.05, 0) is 24.0 Å². The molecule has 17 heavy (non-hydrogen) atoms. The first-order valence-electron chi connectivity index (χ1n) is 5.58. The third kappa shape index (κ3) is 4.66. The summed E-state index contributed by atoms with van der Waals surface area (Å²) in [5.41, 5.74) is 5.64. The van der Waals surface area contributed by atoms with Crippen molar-refractivity contribution in [1.29, 1.82) is 0 Å². The smallest absolute Gasteiger partial charge is 0.237 e. The van der Waals surface area contributed by atoms with Crippen LogP contribution in [0.2, 0.25) is 4.34 Å². The molecule has 1 atom stereocenters. The highest BCUT2D eigenvalue weighted by molar-refractivity contribution is 7.16. The highest BCUT2D eigenvalue weighted by atomic mass is 35.5. The van der Waals surface area contributed by atoms with Crippen LogP contribution in [0.5, 0.6) is 0 Å². The molecule has 96 valence electrons. The molecule has 0 saturated carbocycles. The first-order valence-corrected chi connectivity index (χ1v) is 6.77. The summed E-state index contributed by atoms with van der Waals surface area (Å²) in [5, 5.41) is 2.85. The van der Waals surface area contributed by atoms with Crippen LogP contribution in [-0.4, -0.2) is 18.5 Å². The van der Waals surface area contributed by atoms with E-state index < -0.39 is 6.04 Å². The van der Waals surface area contributed by atoms with Gasteiger partial charge in [0.15, 0.2) is 0 Å². The van der Waals surface area contributed by atoms with Gasteiger partial charge in [-0.15, -0.1) is 11.3 Å². The van der Waals surface area contributed by atoms with Gasteiger partial charge in [0.2, 0.25) is 5.91 Å². The molecule has 3 nitrogen and oxygen atoms in total. The van der Waals surface area contributed by atoms with Crippen LogP contribution in [0, 0.1) is 5.41 Å². The van der Waals surface area contributed by atoms with Crippen molar-refractivity contribution in [3.05, 3.63) is 21.3 Å². The minimum Gasteiger partial charge on any atom is -0.354 e. The third-order valence-corrected chi connectivity index (χ3v) is 3.81. The van der Waals surface area contributed by atoms with Crippen LogP contribution in [0.15, 0.2) is 12.1 Å². The Morgan fingerprint density at radius 2 is 2.18 bits per heavy atom. The molecule has 3 N–H and O–H groups in total. The summed E-state index contributed by atoms with van der Waals surface area (Å²) < 4.78 is 0.776. The van der Waals surface area contributed by atoms with E-state index in [4.69, 9.17) is 17.3 Å². The fourth-order valence-electron chi connectivity index (χ4n) is 1.30. The summed E-state index contributed by atoms with van der Waals surface area (Å²) in [4.78, 5) is 12.9. The second-order valence-corrected chi connectivity index (χ2v) is 6.89. The molecule has 1 amide bonds. The zero-order chi connectivity index (χ0) is 13.1. The molecule has 0 aromatic carbocycles. The van der Waals surface area contributed by atoms with Gasteiger partial charge in [-0.3, -0.25) is 4.79 Å². The third-order valence-electron chi connectivity index (χ3n) is 2.51. The van der Waals surface area contributed by atoms with Crippen molar-refractivity contribution in [3.8, 4) is 0 Å². The van der Waals surface area contributed by atoms with Crippen molar-refractivity contribution >= 4 is 28.8 Å². The van der Waals surface area contributed by atoms with E-state index in [1.54, 1.807) is 0 Å². The summed E-state index contributed by atoms with van der Waals surface area (Å²) >= 11 is 7.36. The van der Waals surface area contributed by atoms with Gasteiger partial charge < -0.3 is 11.1 Å². The Morgan fingerprint density at radius 3 is 2.65 bits per heavy atom. The Kier molecular flexibility index (Phi) is 4.98. The van der Waals surface area contributed by atoms with Crippen LogP contribution in [-0.2, 0) is 11.2 Å². The van der Waals surface area contributed by atoms with Crippen molar-refractivity contribution in [3.63, 3.8) is 0 Å². The van der Waals surface area contributed by atoms with E-state index in [1.807, 2.05) is 32.9 Å². The van der Waals surface area contributed by atoms with Crippen LogP contribution in [0.1, 0.15) is 25.6 Å². The molecule has 0 aliphatic carbocycles. The zero-order valence-electron chi connectivity index (χ0n) is 10.4. The molecule has 1 aromatic rings. The molecule has 0 aliphatic heterocycles. The number of carbonyl (C=O) groups is 1. The van der Waals surface area contributed by atoms with Crippen molar-refractivity contribution in [2.24, 2.45) is 11.1 Å². The molecule has 1 rings (SSSR count). The van der Waals surface area contributed by atoms with E-state index in [0.29, 0.717) is 6.54 Å². The van der Waals surface area contributed by atoms with Crippen LogP contribution < -0.4 is 11.1 Å². The molecule has 0 spiro atoms. The van der Waals surface area contributed by atoms with Crippen molar-refractivity contribution in [1.82, 2.24) is 5.32 Å². The number of halogens is 1. The molecule has 0 radical (unpaired) electrons. The molecule has 0 unspecified atom stereocenters. The van der Waals surface area contributed by atoms with Gasteiger partial charge in [0.1, 0.15) is 0 Å². The second-order valence-electron chi connectivity index (χ2n) is 5.09. The lowest BCUT2D eigenvalue weighted by Gasteiger charge is -2.25. The van der Waals surface area contributed by atoms with Crippen LogP contribution in [0.3, 0.4) is 0 Å². The van der Waals surface area contributed by atoms with Gasteiger partial charge >= 0.3 is 0 Å². The fraction of sp³-hybridized carbons (Fsp3) is 0.583. The van der Waals surface area contributed by atoms with Gasteiger partial charge in [0.25, 0.3) is 0 Å². The molecule has 0 saturated heterocycles. The minimum absolute atomic E-state index is 0.0971. The number of nitrogens with one attached hydrogen (secondary N) is 1. The van der Waals surface area contributed by atoms with E-state index in [9.17, 15) is 4.79 Å². The molecule has 1 aromatic heterocycles. The highest BCUT2D eigenvalue weighted by Crippen LogP contribution is 2.21. The number of thiophene rings is 1. The number of hydrogen-bond donors (Lipinski definition) is 2. The monoisotopic (exact) mass is 274 g/mol. The zero-order valence-corrected chi connectivity index (χ0v) is 12.0. The van der Waals surface area contributed by atoms with Crippen molar-refractivity contribution < 1.29 is 4.79 Å². The number of hydrogen-bond acceptors (Lipinski definition) is 3. The topological polar surface area (TPSA) is 55.1 Å². The van der Waals surface area contributed by atoms with Gasteiger partial charge in [0.05, 0.1) is 10.4 Å². The predicted molar refractivity (Wildman–Crippen MR) is 73.5 cm³/mol. The largest absolute Gasteiger partial charge is 0.354 e. The predicted octanol–water partition coefficient (Wildman–Crippen LogP) is 2.43. The first kappa shape index (κ1) is 14.5. The average Bonchev–Trinajstić information content (AvgIpc) is 2.61. The summed E-state index contributed by atoms with van der Waals surface area (Å²) in [6.45, 7) is 6.46. The molecule has 0 fully saturated rings. The first-order chi connectivity index (χ1) is 7.80. The van der Waals surface area contributed by atoms with Crippen molar-refractivity contribution in [2.45, 2.75) is 33.2 Å². The lowest BCUT2D eigenvalue weighted by Crippen LogP contribution is -2.48. The summed E-state index contributed by atoms with van der Waals surface area (Å²) in [7, 11) is 0. The number of nitrogens with two attached hydrogens (primary N) is 1. The normalized spacial score (nSPS) is 13.5. The van der Waals surface area contributed by atoms with E-state index in [-0.39, 0.29) is 11.3 Å². The Hall–Kier alpha value is -0.580. The fourth-order valence-corrected chi connectivity index (χ4v) is 2.39. The standard InChI is InChI=1S/C12H19ClN2OS/c1-12(2,3)10(14)11(16)15-7-6-8-4-5-9(13)17-8/h4-5,10H,6-7,14H2,1-3H3,(H,15,16)/t10-/m0/s1. The van der Waals surface area contributed by atoms with Crippen LogP contribution in [0.4, 0.5) is 0 Å². The Labute approximate surface area is 111 Å². The van der Waals surface area contributed by atoms with Crippen molar-refractivity contribution in [2.75, 3.05) is 6.54 Å². The highest BCUT2D eigenvalue weighted by Gasteiger charge is 2.26. The molecular formula is C12H19ClN2OS. The Bertz CT molecular complexity index is 384. The average molecular weight is 275 g/mol. The maximum Gasteiger partial charge on any atom is 0.237 e. The van der Waals surface area contributed by atoms with Crippen LogP contribution in [0.25, 0.3) is 0 Å². The van der Waals surface area contributed by atoms with Gasteiger partial charge in [0, 0.05) is 11.4 Å². The summed E-state index contributed by atoms with van der Waals surface area (Å²) in [6, 6.07) is 3.36. The molecule has 1 heterocycles. The molecule has 0 aliphatic rings. The van der Waals surface area contributed by atoms with Crippen LogP contribution >= 0.6 is 22.9 Å². The van der Waals surface area contributed by atoms with Gasteiger partial charge in [-0.25, -0.2) is 0 Å². The number of rotatable bonds is 4. The Balaban J connectivity index is 2.34. The van der Waals surface area contributed by atoms with E-state index in [1.165, 1.54) is 16.2 Å². The Morgan fingerprint density at radius 1 is 1.53 bits per heavy atom. The molecular weight excluding hydrogens is 256 g/mol.